The molecule has 0 spiro atoms. The zero-order chi connectivity index (χ0) is 22.9. The summed E-state index contributed by atoms with van der Waals surface area (Å²) in [4.78, 5) is 36.3. The Balaban J connectivity index is 1.59. The Morgan fingerprint density at radius 1 is 0.969 bits per heavy atom. The van der Waals surface area contributed by atoms with Crippen LogP contribution in [0.1, 0.15) is 25.8 Å². The minimum absolute atomic E-state index is 0.0290. The number of aromatic nitrogens is 1. The lowest BCUT2D eigenvalue weighted by atomic mass is 10.1. The second-order valence-electron chi connectivity index (χ2n) is 6.76. The number of ether oxygens (including phenoxy) is 3. The van der Waals surface area contributed by atoms with Gasteiger partial charge in [0.25, 0.3) is 0 Å². The fourth-order valence-electron chi connectivity index (χ4n) is 3.08. The van der Waals surface area contributed by atoms with Crippen LogP contribution in [0.3, 0.4) is 0 Å². The number of hydrogen-bond acceptors (Lipinski definition) is 7. The third-order valence-corrected chi connectivity index (χ3v) is 5.51. The van der Waals surface area contributed by atoms with E-state index in [-0.39, 0.29) is 23.7 Å². The molecule has 168 valence electrons. The van der Waals surface area contributed by atoms with E-state index in [1.54, 1.807) is 42.7 Å². The molecule has 0 radical (unpaired) electrons. The number of carbonyl (C=O) groups excluding carboxylic acids is 2. The molecule has 0 bridgehead atoms. The zero-order valence-corrected chi connectivity index (χ0v) is 18.9. The summed E-state index contributed by atoms with van der Waals surface area (Å²) in [6.45, 7) is 4.69. The van der Waals surface area contributed by atoms with Gasteiger partial charge >= 0.3 is 16.8 Å². The van der Waals surface area contributed by atoms with Gasteiger partial charge in [-0.15, -0.1) is 0 Å². The Bertz CT molecular complexity index is 1140. The maximum atomic E-state index is 12.2. The highest BCUT2D eigenvalue weighted by Gasteiger charge is 2.20. The number of nitrogens with zero attached hydrogens (tertiary/aromatic N) is 1. The summed E-state index contributed by atoms with van der Waals surface area (Å²) in [5.41, 5.74) is 1.43. The van der Waals surface area contributed by atoms with E-state index in [2.05, 4.69) is 0 Å². The van der Waals surface area contributed by atoms with Crippen LogP contribution in [0.15, 0.2) is 58.9 Å². The number of fused-ring (bicyclic) bond motifs is 1. The zero-order valence-electron chi connectivity index (χ0n) is 18.0. The molecule has 0 saturated carbocycles. The average molecular weight is 456 g/mol. The molecule has 1 heterocycles. The van der Waals surface area contributed by atoms with E-state index in [1.165, 1.54) is 17.4 Å². The Morgan fingerprint density at radius 3 is 2.28 bits per heavy atom. The number of aryl methyl sites for hydroxylation is 1. The molecule has 0 atom stereocenters. The van der Waals surface area contributed by atoms with Crippen LogP contribution in [0.25, 0.3) is 16.3 Å². The molecule has 3 rings (SSSR count). The van der Waals surface area contributed by atoms with E-state index in [0.29, 0.717) is 30.9 Å². The van der Waals surface area contributed by atoms with E-state index in [9.17, 15) is 14.4 Å². The van der Waals surface area contributed by atoms with Crippen molar-refractivity contribution in [2.45, 2.75) is 26.8 Å². The molecule has 2 aromatic carbocycles. The first-order chi connectivity index (χ1) is 15.5. The Kier molecular flexibility index (Phi) is 8.21. The first-order valence-corrected chi connectivity index (χ1v) is 11.2. The molecule has 0 saturated heterocycles. The predicted molar refractivity (Wildman–Crippen MR) is 124 cm³/mol. The van der Waals surface area contributed by atoms with Crippen LogP contribution in [-0.4, -0.2) is 36.3 Å². The van der Waals surface area contributed by atoms with Gasteiger partial charge in [0.15, 0.2) is 0 Å². The monoisotopic (exact) mass is 455 g/mol. The van der Waals surface area contributed by atoms with Crippen molar-refractivity contribution < 1.29 is 23.8 Å². The number of thiazole rings is 1. The predicted octanol–water partition coefficient (Wildman–Crippen LogP) is 4.04. The molecule has 0 unspecified atom stereocenters. The van der Waals surface area contributed by atoms with Crippen LogP contribution in [-0.2, 0) is 25.6 Å². The van der Waals surface area contributed by atoms with Crippen LogP contribution < -0.4 is 9.61 Å². The number of benzene rings is 2. The minimum Gasteiger partial charge on any atom is -0.494 e. The third-order valence-electron chi connectivity index (χ3n) is 4.55. The molecule has 0 fully saturated rings. The highest BCUT2D eigenvalue weighted by molar-refractivity contribution is 7.16. The van der Waals surface area contributed by atoms with Gasteiger partial charge in [0.05, 0.1) is 30.0 Å². The van der Waals surface area contributed by atoms with Crippen molar-refractivity contribution in [1.29, 1.82) is 0 Å². The topological polar surface area (TPSA) is 83.8 Å². The number of carbonyl (C=O) groups is 2. The number of para-hydroxylation sites is 1. The van der Waals surface area contributed by atoms with Crippen molar-refractivity contribution in [2.75, 3.05) is 19.8 Å². The molecule has 3 aromatic rings. The maximum Gasteiger partial charge on any atom is 0.345 e. The largest absolute Gasteiger partial charge is 0.494 e. The van der Waals surface area contributed by atoms with Crippen molar-refractivity contribution in [3.8, 4) is 5.75 Å². The second kappa shape index (κ2) is 11.3. The van der Waals surface area contributed by atoms with Gasteiger partial charge in [-0.3, -0.25) is 9.36 Å². The highest BCUT2D eigenvalue weighted by Crippen LogP contribution is 2.18. The summed E-state index contributed by atoms with van der Waals surface area (Å²) in [5.74, 6) is -0.788. The van der Waals surface area contributed by atoms with Gasteiger partial charge in [-0.25, -0.2) is 9.59 Å². The molecular formula is C24H25NO6S. The van der Waals surface area contributed by atoms with Crippen molar-refractivity contribution in [3.63, 3.8) is 0 Å². The Labute approximate surface area is 189 Å². The van der Waals surface area contributed by atoms with Crippen molar-refractivity contribution in [3.05, 3.63) is 69.3 Å². The summed E-state index contributed by atoms with van der Waals surface area (Å²) >= 11 is 1.24. The summed E-state index contributed by atoms with van der Waals surface area (Å²) < 4.78 is 18.4. The first-order valence-electron chi connectivity index (χ1n) is 10.4. The lowest BCUT2D eigenvalue weighted by molar-refractivity contribution is -0.146. The molecule has 0 aliphatic rings. The molecule has 7 nitrogen and oxygen atoms in total. The van der Waals surface area contributed by atoms with E-state index >= 15 is 0 Å². The van der Waals surface area contributed by atoms with Crippen LogP contribution in [0.4, 0.5) is 0 Å². The van der Waals surface area contributed by atoms with Crippen molar-refractivity contribution in [1.82, 2.24) is 4.57 Å². The van der Waals surface area contributed by atoms with E-state index < -0.39 is 11.9 Å². The van der Waals surface area contributed by atoms with E-state index in [4.69, 9.17) is 14.2 Å². The van der Waals surface area contributed by atoms with Gasteiger partial charge in [-0.1, -0.05) is 35.6 Å². The molecule has 0 aliphatic carbocycles. The average Bonchev–Trinajstić information content (AvgIpc) is 3.11. The number of esters is 2. The minimum atomic E-state index is -0.720. The second-order valence-corrected chi connectivity index (χ2v) is 7.75. The van der Waals surface area contributed by atoms with Gasteiger partial charge < -0.3 is 14.2 Å². The Hall–Kier alpha value is -3.39. The smallest absolute Gasteiger partial charge is 0.345 e. The van der Waals surface area contributed by atoms with E-state index in [0.717, 1.165) is 10.2 Å². The molecule has 0 aliphatic heterocycles. The van der Waals surface area contributed by atoms with Gasteiger partial charge in [-0.05, 0) is 56.2 Å². The standard InChI is InChI=1S/C24H25NO6S/c1-3-29-22(26)19(23(27)30-4-2)16-17-10-12-18(13-11-17)31-15-7-14-25-20-8-5-6-9-21(20)32-24(25)28/h5-6,8-13,16H,3-4,7,14-15H2,1-2H3. The molecular weight excluding hydrogens is 430 g/mol. The van der Waals surface area contributed by atoms with Gasteiger partial charge in [-0.2, -0.15) is 0 Å². The summed E-state index contributed by atoms with van der Waals surface area (Å²) in [7, 11) is 0. The molecule has 32 heavy (non-hydrogen) atoms. The van der Waals surface area contributed by atoms with Gasteiger partial charge in [0, 0.05) is 6.54 Å². The highest BCUT2D eigenvalue weighted by atomic mass is 32.1. The quantitative estimate of drug-likeness (QED) is 0.151. The lowest BCUT2D eigenvalue weighted by Gasteiger charge is -2.08. The molecule has 1 aromatic heterocycles. The van der Waals surface area contributed by atoms with Gasteiger partial charge in [0.2, 0.25) is 0 Å². The first kappa shape index (κ1) is 23.3. The lowest BCUT2D eigenvalue weighted by Crippen LogP contribution is -2.18. The third kappa shape index (κ3) is 5.85. The summed E-state index contributed by atoms with van der Waals surface area (Å²) in [5, 5.41) is 0. The molecule has 8 heteroatoms. The number of rotatable bonds is 10. The summed E-state index contributed by atoms with van der Waals surface area (Å²) in [6, 6.07) is 14.7. The van der Waals surface area contributed by atoms with Crippen LogP contribution in [0, 0.1) is 0 Å². The molecule has 0 N–H and O–H groups in total. The van der Waals surface area contributed by atoms with Gasteiger partial charge in [0.1, 0.15) is 11.3 Å². The SMILES string of the molecule is CCOC(=O)C(=Cc1ccc(OCCCn2c(=O)sc3ccccc32)cc1)C(=O)OCC. The van der Waals surface area contributed by atoms with Crippen LogP contribution >= 0.6 is 11.3 Å². The summed E-state index contributed by atoms with van der Waals surface area (Å²) in [6.07, 6.45) is 2.12. The van der Waals surface area contributed by atoms with Crippen LogP contribution in [0.2, 0.25) is 0 Å². The van der Waals surface area contributed by atoms with E-state index in [1.807, 2.05) is 24.3 Å². The molecule has 0 amide bonds. The Morgan fingerprint density at radius 2 is 1.62 bits per heavy atom. The van der Waals surface area contributed by atoms with Crippen LogP contribution in [0.5, 0.6) is 5.75 Å². The fourth-order valence-corrected chi connectivity index (χ4v) is 4.00. The van der Waals surface area contributed by atoms with Crippen molar-refractivity contribution in [2.24, 2.45) is 0 Å². The normalized spacial score (nSPS) is 10.6. The van der Waals surface area contributed by atoms with Crippen molar-refractivity contribution >= 4 is 39.6 Å². The fraction of sp³-hybridized carbons (Fsp3) is 0.292. The maximum absolute atomic E-state index is 12.2. The number of hydrogen-bond donors (Lipinski definition) is 0.